The number of rotatable bonds is 4. The van der Waals surface area contributed by atoms with E-state index in [-0.39, 0.29) is 12.1 Å². The van der Waals surface area contributed by atoms with E-state index in [4.69, 9.17) is 4.74 Å². The predicted octanol–water partition coefficient (Wildman–Crippen LogP) is 2.57. The number of aromatic nitrogens is 2. The first-order valence-electron chi connectivity index (χ1n) is 8.37. The Kier molecular flexibility index (Phi) is 5.34. The molecule has 6 nitrogen and oxygen atoms in total. The van der Waals surface area contributed by atoms with Crippen LogP contribution < -0.4 is 10.6 Å². The summed E-state index contributed by atoms with van der Waals surface area (Å²) in [6, 6.07) is 0.618. The highest BCUT2D eigenvalue weighted by atomic mass is 16.6. The van der Waals surface area contributed by atoms with Gasteiger partial charge < -0.3 is 15.4 Å². The Bertz CT molecular complexity index is 560. The smallest absolute Gasteiger partial charge is 0.407 e. The summed E-state index contributed by atoms with van der Waals surface area (Å²) in [5.41, 5.74) is 3.11. The predicted molar refractivity (Wildman–Crippen MR) is 90.3 cm³/mol. The lowest BCUT2D eigenvalue weighted by molar-refractivity contribution is 0.0505. The number of nitrogens with one attached hydrogen (secondary N) is 2. The van der Waals surface area contributed by atoms with Crippen LogP contribution in [0, 0.1) is 13.8 Å². The molecule has 130 valence electrons. The highest BCUT2D eigenvalue weighted by Gasteiger charge is 2.27. The SMILES string of the molecule is Cc1nn(C)c(C)c1CNC1CCC(NC(=O)OC(C)(C)C)C1. The zero-order valence-electron chi connectivity index (χ0n) is 15.2. The molecule has 0 aliphatic heterocycles. The molecule has 1 heterocycles. The van der Waals surface area contributed by atoms with Gasteiger partial charge in [-0.2, -0.15) is 5.10 Å². The Labute approximate surface area is 139 Å². The molecule has 0 bridgehead atoms. The van der Waals surface area contributed by atoms with Gasteiger partial charge >= 0.3 is 6.09 Å². The third kappa shape index (κ3) is 4.96. The molecule has 1 fully saturated rings. The average molecular weight is 322 g/mol. The summed E-state index contributed by atoms with van der Waals surface area (Å²) in [5.74, 6) is 0. The first-order valence-corrected chi connectivity index (χ1v) is 8.37. The number of hydrogen-bond acceptors (Lipinski definition) is 4. The minimum absolute atomic E-state index is 0.193. The molecule has 1 aliphatic rings. The van der Waals surface area contributed by atoms with E-state index in [0.717, 1.165) is 31.5 Å². The summed E-state index contributed by atoms with van der Waals surface area (Å²) in [6.45, 7) is 10.6. The van der Waals surface area contributed by atoms with Crippen LogP contribution in [0.4, 0.5) is 4.79 Å². The number of carbonyl (C=O) groups is 1. The van der Waals surface area contributed by atoms with Gasteiger partial charge in [0, 0.05) is 36.9 Å². The van der Waals surface area contributed by atoms with E-state index in [1.54, 1.807) is 0 Å². The first-order chi connectivity index (χ1) is 10.7. The van der Waals surface area contributed by atoms with Crippen molar-refractivity contribution >= 4 is 6.09 Å². The van der Waals surface area contributed by atoms with Crippen molar-refractivity contribution in [3.63, 3.8) is 0 Å². The van der Waals surface area contributed by atoms with Gasteiger partial charge in [0.1, 0.15) is 5.60 Å². The Hall–Kier alpha value is -1.56. The van der Waals surface area contributed by atoms with Gasteiger partial charge in [-0.3, -0.25) is 4.68 Å². The molecular formula is C17H30N4O2. The van der Waals surface area contributed by atoms with Crippen molar-refractivity contribution in [1.29, 1.82) is 0 Å². The van der Waals surface area contributed by atoms with E-state index in [1.807, 2.05) is 39.4 Å². The van der Waals surface area contributed by atoms with Crippen molar-refractivity contribution in [3.8, 4) is 0 Å². The van der Waals surface area contributed by atoms with E-state index >= 15 is 0 Å². The molecule has 0 saturated heterocycles. The molecule has 0 aromatic carbocycles. The van der Waals surface area contributed by atoms with Crippen LogP contribution >= 0.6 is 0 Å². The lowest BCUT2D eigenvalue weighted by atomic mass is 10.1. The molecule has 1 aromatic heterocycles. The molecule has 1 aromatic rings. The molecule has 1 aliphatic carbocycles. The Morgan fingerprint density at radius 1 is 1.30 bits per heavy atom. The maximum absolute atomic E-state index is 11.8. The fourth-order valence-corrected chi connectivity index (χ4v) is 3.09. The normalized spacial score (nSPS) is 21.5. The van der Waals surface area contributed by atoms with Crippen LogP contribution in [-0.2, 0) is 18.3 Å². The Balaban J connectivity index is 1.78. The fraction of sp³-hybridized carbons (Fsp3) is 0.765. The third-order valence-electron chi connectivity index (χ3n) is 4.38. The van der Waals surface area contributed by atoms with E-state index in [1.165, 1.54) is 11.3 Å². The summed E-state index contributed by atoms with van der Waals surface area (Å²) < 4.78 is 7.24. The molecule has 0 radical (unpaired) electrons. The Morgan fingerprint density at radius 3 is 2.52 bits per heavy atom. The molecule has 0 spiro atoms. The van der Waals surface area contributed by atoms with Crippen LogP contribution in [0.5, 0.6) is 0 Å². The molecule has 2 atom stereocenters. The maximum atomic E-state index is 11.8. The number of aryl methyl sites for hydroxylation is 2. The molecule has 2 rings (SSSR count). The van der Waals surface area contributed by atoms with Crippen molar-refractivity contribution in [3.05, 3.63) is 17.0 Å². The first kappa shape index (κ1) is 17.8. The fourth-order valence-electron chi connectivity index (χ4n) is 3.09. The number of nitrogens with zero attached hydrogens (tertiary/aromatic N) is 2. The summed E-state index contributed by atoms with van der Waals surface area (Å²) in [6.07, 6.45) is 2.68. The monoisotopic (exact) mass is 322 g/mol. The molecular weight excluding hydrogens is 292 g/mol. The van der Waals surface area contributed by atoms with Crippen LogP contribution in [0.1, 0.15) is 57.0 Å². The number of hydrogen-bond donors (Lipinski definition) is 2. The molecule has 2 unspecified atom stereocenters. The average Bonchev–Trinajstić information content (AvgIpc) is 2.92. The lowest BCUT2D eigenvalue weighted by Crippen LogP contribution is -2.39. The summed E-state index contributed by atoms with van der Waals surface area (Å²) >= 11 is 0. The highest BCUT2D eigenvalue weighted by molar-refractivity contribution is 5.68. The Morgan fingerprint density at radius 2 is 1.96 bits per heavy atom. The summed E-state index contributed by atoms with van der Waals surface area (Å²) in [5, 5.41) is 11.0. The van der Waals surface area contributed by atoms with Gasteiger partial charge in [-0.1, -0.05) is 0 Å². The molecule has 1 saturated carbocycles. The molecule has 2 N–H and O–H groups in total. The lowest BCUT2D eigenvalue weighted by Gasteiger charge is -2.21. The van der Waals surface area contributed by atoms with Gasteiger partial charge in [0.25, 0.3) is 0 Å². The van der Waals surface area contributed by atoms with Crippen molar-refractivity contribution < 1.29 is 9.53 Å². The van der Waals surface area contributed by atoms with Gasteiger partial charge in [0.15, 0.2) is 0 Å². The second-order valence-corrected chi connectivity index (χ2v) is 7.51. The molecule has 1 amide bonds. The number of carbonyl (C=O) groups excluding carboxylic acids is 1. The van der Waals surface area contributed by atoms with Crippen LogP contribution in [0.3, 0.4) is 0 Å². The third-order valence-corrected chi connectivity index (χ3v) is 4.38. The maximum Gasteiger partial charge on any atom is 0.407 e. The number of amides is 1. The van der Waals surface area contributed by atoms with Crippen LogP contribution in [0.2, 0.25) is 0 Å². The van der Waals surface area contributed by atoms with E-state index in [0.29, 0.717) is 6.04 Å². The van der Waals surface area contributed by atoms with E-state index in [2.05, 4.69) is 22.7 Å². The quantitative estimate of drug-likeness (QED) is 0.894. The van der Waals surface area contributed by atoms with Gasteiger partial charge in [-0.05, 0) is 53.9 Å². The van der Waals surface area contributed by atoms with Crippen molar-refractivity contribution in [2.75, 3.05) is 0 Å². The highest BCUT2D eigenvalue weighted by Crippen LogP contribution is 2.21. The van der Waals surface area contributed by atoms with Crippen LogP contribution in [-0.4, -0.2) is 33.6 Å². The zero-order chi connectivity index (χ0) is 17.2. The minimum atomic E-state index is -0.449. The van der Waals surface area contributed by atoms with Crippen molar-refractivity contribution in [2.24, 2.45) is 7.05 Å². The van der Waals surface area contributed by atoms with Gasteiger partial charge in [0.05, 0.1) is 5.69 Å². The van der Waals surface area contributed by atoms with E-state index in [9.17, 15) is 4.79 Å². The summed E-state index contributed by atoms with van der Waals surface area (Å²) in [7, 11) is 1.97. The van der Waals surface area contributed by atoms with Crippen molar-refractivity contribution in [1.82, 2.24) is 20.4 Å². The second kappa shape index (κ2) is 6.91. The van der Waals surface area contributed by atoms with E-state index < -0.39 is 5.60 Å². The largest absolute Gasteiger partial charge is 0.444 e. The van der Waals surface area contributed by atoms with Crippen LogP contribution in [0.25, 0.3) is 0 Å². The second-order valence-electron chi connectivity index (χ2n) is 7.51. The molecule has 6 heteroatoms. The molecule has 23 heavy (non-hydrogen) atoms. The van der Waals surface area contributed by atoms with Gasteiger partial charge in [-0.25, -0.2) is 4.79 Å². The number of alkyl carbamates (subject to hydrolysis) is 1. The van der Waals surface area contributed by atoms with Crippen molar-refractivity contribution in [2.45, 2.75) is 78.1 Å². The zero-order valence-corrected chi connectivity index (χ0v) is 15.2. The topological polar surface area (TPSA) is 68.2 Å². The number of ether oxygens (including phenoxy) is 1. The standard InChI is InChI=1S/C17H30N4O2/c1-11-15(12(2)21(6)20-11)10-18-13-7-8-14(9-13)19-16(22)23-17(3,4)5/h13-14,18H,7-10H2,1-6H3,(H,19,22). The van der Waals surface area contributed by atoms with Gasteiger partial charge in [-0.15, -0.1) is 0 Å². The van der Waals surface area contributed by atoms with Gasteiger partial charge in [0.2, 0.25) is 0 Å². The van der Waals surface area contributed by atoms with Crippen LogP contribution in [0.15, 0.2) is 0 Å². The minimum Gasteiger partial charge on any atom is -0.444 e. The summed E-state index contributed by atoms with van der Waals surface area (Å²) in [4.78, 5) is 11.8.